The molecule has 0 saturated carbocycles. The van der Waals surface area contributed by atoms with Gasteiger partial charge in [0.05, 0.1) is 21.8 Å². The second-order valence-electron chi connectivity index (χ2n) is 11.4. The van der Waals surface area contributed by atoms with Crippen LogP contribution in [0.25, 0.3) is 39.3 Å². The van der Waals surface area contributed by atoms with E-state index < -0.39 is 11.9 Å². The maximum Gasteiger partial charge on any atom is 2.00 e. The third-order valence-electron chi connectivity index (χ3n) is 8.82. The number of aliphatic carboxylic acids is 2. The van der Waals surface area contributed by atoms with Gasteiger partial charge in [-0.05, 0) is 62.7 Å². The number of nitrogens with zero attached hydrogens (tertiary/aromatic N) is 4. The summed E-state index contributed by atoms with van der Waals surface area (Å²) in [5.74, 6) is -1.73. The van der Waals surface area contributed by atoms with E-state index in [1.54, 1.807) is 11.8 Å². The Morgan fingerprint density at radius 3 is 2.30 bits per heavy atom. The number of carboxylic acid groups (broad SMARTS) is 2. The van der Waals surface area contributed by atoms with Crippen LogP contribution in [0.4, 0.5) is 0 Å². The molecule has 6 heterocycles. The molecule has 0 saturated heterocycles. The number of hydrogen-bond donors (Lipinski definition) is 2. The van der Waals surface area contributed by atoms with Crippen molar-refractivity contribution >= 4 is 63.0 Å². The van der Waals surface area contributed by atoms with Crippen molar-refractivity contribution in [3.05, 3.63) is 87.4 Å². The first-order chi connectivity index (χ1) is 20.5. The van der Waals surface area contributed by atoms with Gasteiger partial charge in [-0.25, -0.2) is 4.98 Å². The Hall–Kier alpha value is -3.85. The molecule has 44 heavy (non-hydrogen) atoms. The standard InChI is InChI=1S/C34H34N4O4S.Fe/c1-6-20-17(2)24-13-25-18(3)21(7-9-32(39)40)27(35-25)15-28-22(8-10-33(41)42)19(4)26(36-28)14-30-23-11-12-43-34(23,5)31(38-30)16-29(20)37-24;/h6,11-16,23H,1,7-10H2,2-5H3,(H4,35,36,37,38,39,40,41,42);/q;+2/p-2/t23?,34-;/m1./s1. The van der Waals surface area contributed by atoms with E-state index in [2.05, 4.69) is 31.1 Å². The van der Waals surface area contributed by atoms with Gasteiger partial charge >= 0.3 is 29.0 Å². The van der Waals surface area contributed by atoms with Crippen molar-refractivity contribution in [3.8, 4) is 0 Å². The Morgan fingerprint density at radius 1 is 0.932 bits per heavy atom. The Bertz CT molecular complexity index is 1950. The number of carboxylic acids is 2. The molecular weight excluding hydrogens is 616 g/mol. The van der Waals surface area contributed by atoms with Crippen LogP contribution in [0.15, 0.2) is 42.3 Å². The normalized spacial score (nSPS) is 18.7. The van der Waals surface area contributed by atoms with Crippen molar-refractivity contribution in [3.63, 3.8) is 0 Å². The number of hydrogen-bond acceptors (Lipinski definition) is 5. The second kappa shape index (κ2) is 11.9. The first kappa shape index (κ1) is 31.6. The summed E-state index contributed by atoms with van der Waals surface area (Å²) in [5.41, 5.74) is 11.5. The zero-order valence-corrected chi connectivity index (χ0v) is 26.8. The molecule has 2 atom stereocenters. The molecule has 3 aromatic heterocycles. The van der Waals surface area contributed by atoms with Crippen LogP contribution in [-0.2, 0) is 37.8 Å². The first-order valence-corrected chi connectivity index (χ1v) is 15.1. The molecule has 6 rings (SSSR count). The van der Waals surface area contributed by atoms with Crippen molar-refractivity contribution in [1.82, 2.24) is 19.9 Å². The topological polar surface area (TPSA) is 129 Å². The van der Waals surface area contributed by atoms with Crippen LogP contribution in [-0.4, -0.2) is 32.1 Å². The van der Waals surface area contributed by atoms with Gasteiger partial charge in [0.15, 0.2) is 0 Å². The van der Waals surface area contributed by atoms with Crippen LogP contribution in [0.5, 0.6) is 0 Å². The summed E-state index contributed by atoms with van der Waals surface area (Å²) < 4.78 is -0.298. The number of thioether (sulfide) groups is 1. The molecule has 3 aliphatic heterocycles. The number of fused-ring (bicyclic) bond motifs is 11. The van der Waals surface area contributed by atoms with Crippen molar-refractivity contribution in [2.75, 3.05) is 0 Å². The molecule has 3 aliphatic rings. The number of rotatable bonds is 7. The largest absolute Gasteiger partial charge is 2.00 e. The zero-order chi connectivity index (χ0) is 30.6. The fraction of sp³-hybridized carbons (Fsp3) is 0.294. The predicted octanol–water partition coefficient (Wildman–Crippen LogP) is 6.90. The Morgan fingerprint density at radius 2 is 1.59 bits per heavy atom. The molecule has 0 radical (unpaired) electrons. The molecule has 3 aromatic rings. The van der Waals surface area contributed by atoms with Gasteiger partial charge in [-0.1, -0.05) is 59.7 Å². The van der Waals surface area contributed by atoms with Crippen molar-refractivity contribution in [2.45, 2.75) is 64.0 Å². The van der Waals surface area contributed by atoms with E-state index in [1.165, 1.54) is 0 Å². The second-order valence-corrected chi connectivity index (χ2v) is 12.8. The molecule has 0 fully saturated rings. The average Bonchev–Trinajstić information content (AvgIpc) is 3.69. The van der Waals surface area contributed by atoms with Crippen LogP contribution in [0.3, 0.4) is 0 Å². The number of allylic oxidation sites excluding steroid dienone is 3. The van der Waals surface area contributed by atoms with Gasteiger partial charge in [0.25, 0.3) is 0 Å². The Kier molecular flexibility index (Phi) is 8.55. The number of aryl methyl sites for hydroxylation is 3. The minimum absolute atomic E-state index is 0. The molecular formula is C34H32FeN4O4S. The molecule has 10 heteroatoms. The van der Waals surface area contributed by atoms with E-state index in [9.17, 15) is 19.8 Å². The monoisotopic (exact) mass is 648 g/mol. The van der Waals surface area contributed by atoms with E-state index >= 15 is 0 Å². The van der Waals surface area contributed by atoms with Crippen LogP contribution in [0.1, 0.15) is 84.1 Å². The molecule has 0 amide bonds. The molecule has 1 unspecified atom stereocenters. The summed E-state index contributed by atoms with van der Waals surface area (Å²) in [6.07, 6.45) is 4.55. The van der Waals surface area contributed by atoms with Crippen LogP contribution in [0, 0.1) is 13.8 Å². The predicted molar refractivity (Wildman–Crippen MR) is 171 cm³/mol. The van der Waals surface area contributed by atoms with E-state index in [0.717, 1.165) is 61.3 Å². The minimum atomic E-state index is -0.888. The van der Waals surface area contributed by atoms with E-state index in [4.69, 9.17) is 19.9 Å². The summed E-state index contributed by atoms with van der Waals surface area (Å²) in [7, 11) is 0. The average molecular weight is 649 g/mol. The van der Waals surface area contributed by atoms with Gasteiger partial charge in [-0.15, -0.1) is 33.8 Å². The molecule has 0 aromatic carbocycles. The summed E-state index contributed by atoms with van der Waals surface area (Å²) in [4.78, 5) is 43.2. The molecule has 2 N–H and O–H groups in total. The van der Waals surface area contributed by atoms with Gasteiger partial charge in [0, 0.05) is 24.5 Å². The van der Waals surface area contributed by atoms with Gasteiger partial charge in [-0.2, -0.15) is 0 Å². The Balaban J connectivity index is 0.00000384. The zero-order valence-electron chi connectivity index (χ0n) is 24.9. The summed E-state index contributed by atoms with van der Waals surface area (Å²) in [6.45, 7) is 12.2. The first-order valence-electron chi connectivity index (χ1n) is 14.2. The molecule has 8 nitrogen and oxygen atoms in total. The fourth-order valence-electron chi connectivity index (χ4n) is 6.25. The Labute approximate surface area is 270 Å². The van der Waals surface area contributed by atoms with Crippen LogP contribution < -0.4 is 9.97 Å². The smallest absolute Gasteiger partial charge is 0.657 e. The number of carbonyl (C=O) groups is 2. The van der Waals surface area contributed by atoms with Crippen molar-refractivity contribution < 1.29 is 36.9 Å². The van der Waals surface area contributed by atoms with Crippen LogP contribution in [0.2, 0.25) is 0 Å². The summed E-state index contributed by atoms with van der Waals surface area (Å²) >= 11 is 1.74. The van der Waals surface area contributed by atoms with E-state index in [-0.39, 0.29) is 40.6 Å². The SMILES string of the molecule is C=Cc1c(C)c2cc3nc(cc4[n-]c(cc5nc(cc1[n-]2)[C@]1(C)SC=CC51)c(C)c4CCC(=O)O)C(CCC(=O)O)=C3C.[Fe+2]. The molecule has 0 aliphatic carbocycles. The third-order valence-corrected chi connectivity index (χ3v) is 10.1. The van der Waals surface area contributed by atoms with Gasteiger partial charge in [0.1, 0.15) is 0 Å². The van der Waals surface area contributed by atoms with Crippen LogP contribution >= 0.6 is 11.8 Å². The van der Waals surface area contributed by atoms with Gasteiger partial charge in [-0.3, -0.25) is 14.6 Å². The maximum atomic E-state index is 11.6. The van der Waals surface area contributed by atoms with Crippen molar-refractivity contribution in [2.24, 2.45) is 0 Å². The summed E-state index contributed by atoms with van der Waals surface area (Å²) in [6, 6.07) is 7.89. The quantitative estimate of drug-likeness (QED) is 0.263. The van der Waals surface area contributed by atoms with Gasteiger partial charge < -0.3 is 20.2 Å². The number of aromatic nitrogens is 4. The van der Waals surface area contributed by atoms with E-state index in [0.29, 0.717) is 29.7 Å². The fourth-order valence-corrected chi connectivity index (χ4v) is 7.33. The summed E-state index contributed by atoms with van der Waals surface area (Å²) in [5, 5.41) is 21.1. The molecule has 0 spiro atoms. The maximum absolute atomic E-state index is 11.6. The van der Waals surface area contributed by atoms with E-state index in [1.807, 2.05) is 45.0 Å². The molecule has 8 bridgehead atoms. The minimum Gasteiger partial charge on any atom is -0.657 e. The van der Waals surface area contributed by atoms with Gasteiger partial charge in [0.2, 0.25) is 0 Å². The third kappa shape index (κ3) is 5.36. The molecule has 226 valence electrons. The van der Waals surface area contributed by atoms with Crippen molar-refractivity contribution in [1.29, 1.82) is 0 Å².